The van der Waals surface area contributed by atoms with Crippen molar-refractivity contribution in [1.29, 1.82) is 0 Å². The number of ether oxygens (including phenoxy) is 1. The van der Waals surface area contributed by atoms with Crippen LogP contribution in [0.5, 0.6) is 0 Å². The van der Waals surface area contributed by atoms with Crippen molar-refractivity contribution in [1.82, 2.24) is 5.32 Å². The standard InChI is InChI=1S/C12H18N2O2/c1-16-6-5-12(15)14-9-11-4-2-3-10(7-11)8-13/h2-4,7H,5-6,8-9,13H2,1H3,(H,14,15). The van der Waals surface area contributed by atoms with Crippen LogP contribution in [-0.2, 0) is 22.6 Å². The summed E-state index contributed by atoms with van der Waals surface area (Å²) in [6.45, 7) is 1.51. The van der Waals surface area contributed by atoms with E-state index in [0.717, 1.165) is 11.1 Å². The lowest BCUT2D eigenvalue weighted by Gasteiger charge is -2.06. The lowest BCUT2D eigenvalue weighted by Crippen LogP contribution is -2.23. The predicted molar refractivity (Wildman–Crippen MR) is 62.7 cm³/mol. The van der Waals surface area contributed by atoms with E-state index in [0.29, 0.717) is 26.1 Å². The first-order valence-electron chi connectivity index (χ1n) is 5.29. The van der Waals surface area contributed by atoms with Gasteiger partial charge in [0.05, 0.1) is 6.61 Å². The van der Waals surface area contributed by atoms with Crippen molar-refractivity contribution in [2.75, 3.05) is 13.7 Å². The Morgan fingerprint density at radius 3 is 2.88 bits per heavy atom. The molecule has 0 aliphatic heterocycles. The number of rotatable bonds is 6. The molecule has 0 saturated heterocycles. The highest BCUT2D eigenvalue weighted by Gasteiger charge is 2.00. The largest absolute Gasteiger partial charge is 0.384 e. The fourth-order valence-electron chi connectivity index (χ4n) is 1.35. The summed E-state index contributed by atoms with van der Waals surface area (Å²) in [5, 5.41) is 2.83. The Morgan fingerprint density at radius 1 is 1.44 bits per heavy atom. The van der Waals surface area contributed by atoms with E-state index in [4.69, 9.17) is 10.5 Å². The predicted octanol–water partition coefficient (Wildman–Crippen LogP) is 0.798. The number of nitrogens with two attached hydrogens (primary N) is 1. The first-order chi connectivity index (χ1) is 7.76. The molecule has 4 nitrogen and oxygen atoms in total. The molecule has 0 fully saturated rings. The quantitative estimate of drug-likeness (QED) is 0.748. The Balaban J connectivity index is 2.38. The van der Waals surface area contributed by atoms with Crippen LogP contribution in [0.2, 0.25) is 0 Å². The molecule has 1 aromatic rings. The number of carbonyl (C=O) groups excluding carboxylic acids is 1. The van der Waals surface area contributed by atoms with Crippen LogP contribution in [0.25, 0.3) is 0 Å². The zero-order valence-corrected chi connectivity index (χ0v) is 9.53. The molecule has 0 aliphatic rings. The third-order valence-corrected chi connectivity index (χ3v) is 2.25. The summed E-state index contributed by atoms with van der Waals surface area (Å²) in [6, 6.07) is 7.88. The van der Waals surface area contributed by atoms with Gasteiger partial charge in [-0.25, -0.2) is 0 Å². The van der Waals surface area contributed by atoms with E-state index in [1.165, 1.54) is 0 Å². The smallest absolute Gasteiger partial charge is 0.222 e. The van der Waals surface area contributed by atoms with Crippen LogP contribution in [-0.4, -0.2) is 19.6 Å². The van der Waals surface area contributed by atoms with Crippen LogP contribution < -0.4 is 11.1 Å². The lowest BCUT2D eigenvalue weighted by atomic mass is 10.1. The normalized spacial score (nSPS) is 10.1. The fourth-order valence-corrected chi connectivity index (χ4v) is 1.35. The van der Waals surface area contributed by atoms with Gasteiger partial charge < -0.3 is 15.8 Å². The van der Waals surface area contributed by atoms with E-state index >= 15 is 0 Å². The highest BCUT2D eigenvalue weighted by Crippen LogP contribution is 2.04. The van der Waals surface area contributed by atoms with Crippen LogP contribution >= 0.6 is 0 Å². The van der Waals surface area contributed by atoms with Crippen molar-refractivity contribution in [3.63, 3.8) is 0 Å². The molecule has 1 amide bonds. The third-order valence-electron chi connectivity index (χ3n) is 2.25. The second-order valence-corrected chi connectivity index (χ2v) is 3.54. The average molecular weight is 222 g/mol. The molecular formula is C12H18N2O2. The van der Waals surface area contributed by atoms with E-state index in [-0.39, 0.29) is 5.91 Å². The number of amides is 1. The van der Waals surface area contributed by atoms with Gasteiger partial charge in [0, 0.05) is 26.6 Å². The maximum Gasteiger partial charge on any atom is 0.222 e. The third kappa shape index (κ3) is 4.42. The molecule has 0 heterocycles. The summed E-state index contributed by atoms with van der Waals surface area (Å²) in [4.78, 5) is 11.3. The molecule has 0 spiro atoms. The van der Waals surface area contributed by atoms with Gasteiger partial charge in [0.15, 0.2) is 0 Å². The molecule has 0 aromatic heterocycles. The van der Waals surface area contributed by atoms with Gasteiger partial charge in [0.2, 0.25) is 5.91 Å². The minimum atomic E-state index is 0.00000142. The van der Waals surface area contributed by atoms with Gasteiger partial charge in [-0.1, -0.05) is 24.3 Å². The Hall–Kier alpha value is -1.39. The maximum atomic E-state index is 11.3. The molecule has 0 bridgehead atoms. The lowest BCUT2D eigenvalue weighted by molar-refractivity contribution is -0.122. The van der Waals surface area contributed by atoms with Crippen molar-refractivity contribution in [3.05, 3.63) is 35.4 Å². The van der Waals surface area contributed by atoms with Gasteiger partial charge in [-0.2, -0.15) is 0 Å². The van der Waals surface area contributed by atoms with Crippen LogP contribution in [0.3, 0.4) is 0 Å². The Bertz CT molecular complexity index is 340. The molecule has 1 rings (SSSR count). The summed E-state index contributed by atoms with van der Waals surface area (Å²) < 4.78 is 4.82. The monoisotopic (exact) mass is 222 g/mol. The zero-order valence-electron chi connectivity index (χ0n) is 9.53. The minimum absolute atomic E-state index is 0.00000142. The first kappa shape index (κ1) is 12.7. The van der Waals surface area contributed by atoms with Crippen molar-refractivity contribution in [2.24, 2.45) is 5.73 Å². The molecule has 1 aromatic carbocycles. The summed E-state index contributed by atoms with van der Waals surface area (Å²) in [5.41, 5.74) is 7.67. The van der Waals surface area contributed by atoms with Crippen molar-refractivity contribution < 1.29 is 9.53 Å². The summed E-state index contributed by atoms with van der Waals surface area (Å²) in [5.74, 6) is 0.00000142. The zero-order chi connectivity index (χ0) is 11.8. The van der Waals surface area contributed by atoms with Crippen LogP contribution in [0.1, 0.15) is 17.5 Å². The molecule has 0 unspecified atom stereocenters. The van der Waals surface area contributed by atoms with Crippen LogP contribution in [0, 0.1) is 0 Å². The topological polar surface area (TPSA) is 64.3 Å². The fraction of sp³-hybridized carbons (Fsp3) is 0.417. The van der Waals surface area contributed by atoms with Gasteiger partial charge in [-0.05, 0) is 11.1 Å². The second kappa shape index (κ2) is 6.98. The maximum absolute atomic E-state index is 11.3. The van der Waals surface area contributed by atoms with Crippen molar-refractivity contribution >= 4 is 5.91 Å². The number of hydrogen-bond acceptors (Lipinski definition) is 3. The van der Waals surface area contributed by atoms with Gasteiger partial charge in [-0.15, -0.1) is 0 Å². The van der Waals surface area contributed by atoms with Crippen molar-refractivity contribution in [3.8, 4) is 0 Å². The molecular weight excluding hydrogens is 204 g/mol. The van der Waals surface area contributed by atoms with Crippen molar-refractivity contribution in [2.45, 2.75) is 19.5 Å². The highest BCUT2D eigenvalue weighted by molar-refractivity contribution is 5.75. The second-order valence-electron chi connectivity index (χ2n) is 3.54. The molecule has 88 valence electrons. The minimum Gasteiger partial charge on any atom is -0.384 e. The molecule has 16 heavy (non-hydrogen) atoms. The number of hydrogen-bond donors (Lipinski definition) is 2. The SMILES string of the molecule is COCCC(=O)NCc1cccc(CN)c1. The van der Waals surface area contributed by atoms with Gasteiger partial charge in [-0.3, -0.25) is 4.79 Å². The molecule has 0 aliphatic carbocycles. The summed E-state index contributed by atoms with van der Waals surface area (Å²) in [7, 11) is 1.58. The number of benzene rings is 1. The van der Waals surface area contributed by atoms with Crippen LogP contribution in [0.15, 0.2) is 24.3 Å². The van der Waals surface area contributed by atoms with E-state index in [1.54, 1.807) is 7.11 Å². The molecule has 0 atom stereocenters. The number of carbonyl (C=O) groups is 1. The highest BCUT2D eigenvalue weighted by atomic mass is 16.5. The van der Waals surface area contributed by atoms with Crippen LogP contribution in [0.4, 0.5) is 0 Å². The summed E-state index contributed by atoms with van der Waals surface area (Å²) >= 11 is 0. The Morgan fingerprint density at radius 2 is 2.19 bits per heavy atom. The van der Waals surface area contributed by atoms with Gasteiger partial charge in [0.1, 0.15) is 0 Å². The van der Waals surface area contributed by atoms with E-state index in [2.05, 4.69) is 5.32 Å². The van der Waals surface area contributed by atoms with E-state index < -0.39 is 0 Å². The van der Waals surface area contributed by atoms with Gasteiger partial charge >= 0.3 is 0 Å². The Kier molecular flexibility index (Phi) is 5.53. The molecule has 0 radical (unpaired) electrons. The molecule has 0 saturated carbocycles. The molecule has 3 N–H and O–H groups in total. The van der Waals surface area contributed by atoms with E-state index in [9.17, 15) is 4.79 Å². The first-order valence-corrected chi connectivity index (χ1v) is 5.29. The number of nitrogens with one attached hydrogen (secondary N) is 1. The average Bonchev–Trinajstić information content (AvgIpc) is 2.34. The Labute approximate surface area is 95.8 Å². The van der Waals surface area contributed by atoms with Gasteiger partial charge in [0.25, 0.3) is 0 Å². The number of methoxy groups -OCH3 is 1. The summed E-state index contributed by atoms with van der Waals surface area (Å²) in [6.07, 6.45) is 0.396. The molecule has 4 heteroatoms. The van der Waals surface area contributed by atoms with E-state index in [1.807, 2.05) is 24.3 Å².